The predicted molar refractivity (Wildman–Crippen MR) is 128 cm³/mol. The Morgan fingerprint density at radius 1 is 1.29 bits per heavy atom. The summed E-state index contributed by atoms with van der Waals surface area (Å²) in [6, 6.07) is 8.64. The Morgan fingerprint density at radius 3 is 2.71 bits per heavy atom. The number of ether oxygens (including phenoxy) is 3. The summed E-state index contributed by atoms with van der Waals surface area (Å²) in [7, 11) is 3.02. The van der Waals surface area contributed by atoms with Gasteiger partial charge in [-0.3, -0.25) is 4.79 Å². The minimum atomic E-state index is -1.09. The van der Waals surface area contributed by atoms with Crippen molar-refractivity contribution in [1.29, 1.82) is 0 Å². The third-order valence-electron chi connectivity index (χ3n) is 4.07. The van der Waals surface area contributed by atoms with Gasteiger partial charge in [0, 0.05) is 5.02 Å². The molecule has 8 nitrogen and oxygen atoms in total. The molecule has 11 heteroatoms. The number of aliphatic carboxylic acids is 1. The lowest BCUT2D eigenvalue weighted by atomic mass is 10.2. The van der Waals surface area contributed by atoms with Crippen molar-refractivity contribution in [2.75, 3.05) is 26.1 Å². The van der Waals surface area contributed by atoms with Crippen LogP contribution in [-0.4, -0.2) is 43.3 Å². The van der Waals surface area contributed by atoms with E-state index in [0.29, 0.717) is 42.0 Å². The van der Waals surface area contributed by atoms with Crippen molar-refractivity contribution in [3.8, 4) is 17.2 Å². The van der Waals surface area contributed by atoms with Gasteiger partial charge in [0.1, 0.15) is 5.75 Å². The molecule has 3 N–H and O–H groups in total. The number of amides is 1. The Morgan fingerprint density at radius 2 is 2.03 bits per heavy atom. The molecule has 31 heavy (non-hydrogen) atoms. The average Bonchev–Trinajstić information content (AvgIpc) is 3.05. The van der Waals surface area contributed by atoms with Crippen LogP contribution in [0.4, 0.5) is 5.69 Å². The van der Waals surface area contributed by atoms with Crippen molar-refractivity contribution in [2.45, 2.75) is 5.50 Å². The van der Waals surface area contributed by atoms with E-state index < -0.39 is 18.1 Å². The van der Waals surface area contributed by atoms with Gasteiger partial charge in [0.15, 0.2) is 23.6 Å². The number of thioether (sulfide) groups is 1. The molecule has 2 aromatic carbocycles. The number of anilines is 1. The molecule has 0 spiro atoms. The quantitative estimate of drug-likeness (QED) is 0.320. The number of halogens is 2. The first-order valence-corrected chi connectivity index (χ1v) is 11.2. The van der Waals surface area contributed by atoms with E-state index in [1.807, 2.05) is 22.6 Å². The lowest BCUT2D eigenvalue weighted by Crippen LogP contribution is -2.31. The van der Waals surface area contributed by atoms with Crippen LogP contribution < -0.4 is 24.8 Å². The maximum absolute atomic E-state index is 12.5. The molecule has 0 radical (unpaired) electrons. The van der Waals surface area contributed by atoms with Gasteiger partial charge in [-0.15, -0.1) is 0 Å². The molecule has 1 atom stereocenters. The van der Waals surface area contributed by atoms with Crippen LogP contribution in [-0.2, 0) is 9.59 Å². The number of hydrogen-bond acceptors (Lipinski definition) is 7. The molecule has 1 fully saturated rings. The fraction of sp³-hybridized carbons (Fsp3) is 0.200. The van der Waals surface area contributed by atoms with E-state index in [-0.39, 0.29) is 5.91 Å². The fourth-order valence-electron chi connectivity index (χ4n) is 2.75. The van der Waals surface area contributed by atoms with Gasteiger partial charge in [-0.25, -0.2) is 4.79 Å². The Balaban J connectivity index is 1.80. The molecule has 1 aliphatic rings. The standard InChI is InChI=1S/C20H18ClIN2O6S/c1-28-14-4-3-11(21)8-13(14)23-20-24-19(27)16(31-20)7-10-5-12(22)18(15(6-10)29-2)30-9-17(25)26/h3-8,20,23H,9H2,1-2H3,(H,24,27)(H,25,26)/b16-7-. The van der Waals surface area contributed by atoms with Crippen LogP contribution in [0.1, 0.15) is 5.56 Å². The number of carbonyl (C=O) groups is 2. The molecule has 1 aliphatic heterocycles. The number of carboxylic acids is 1. The second kappa shape index (κ2) is 10.3. The highest BCUT2D eigenvalue weighted by Gasteiger charge is 2.28. The molecule has 1 unspecified atom stereocenters. The van der Waals surface area contributed by atoms with Crippen molar-refractivity contribution >= 4 is 69.6 Å². The van der Waals surface area contributed by atoms with Crippen molar-refractivity contribution in [2.24, 2.45) is 0 Å². The van der Waals surface area contributed by atoms with E-state index in [1.54, 1.807) is 43.5 Å². The van der Waals surface area contributed by atoms with Gasteiger partial charge < -0.3 is 30.0 Å². The minimum Gasteiger partial charge on any atom is -0.495 e. The number of hydrogen-bond donors (Lipinski definition) is 3. The highest BCUT2D eigenvalue weighted by atomic mass is 127. The summed E-state index contributed by atoms with van der Waals surface area (Å²) < 4.78 is 16.6. The van der Waals surface area contributed by atoms with E-state index in [0.717, 1.165) is 0 Å². The van der Waals surface area contributed by atoms with Crippen LogP contribution in [0.5, 0.6) is 17.2 Å². The van der Waals surface area contributed by atoms with Crippen LogP contribution >= 0.6 is 46.0 Å². The highest BCUT2D eigenvalue weighted by Crippen LogP contribution is 2.37. The third kappa shape index (κ3) is 5.89. The topological polar surface area (TPSA) is 106 Å². The summed E-state index contributed by atoms with van der Waals surface area (Å²) in [4.78, 5) is 23.8. The molecular weight excluding hydrogens is 559 g/mol. The fourth-order valence-corrected chi connectivity index (χ4v) is 4.68. The summed E-state index contributed by atoms with van der Waals surface area (Å²) >= 11 is 9.40. The van der Waals surface area contributed by atoms with Gasteiger partial charge in [0.05, 0.1) is 28.4 Å². The van der Waals surface area contributed by atoms with E-state index in [1.165, 1.54) is 18.9 Å². The minimum absolute atomic E-state index is 0.233. The second-order valence-corrected chi connectivity index (χ2v) is 8.93. The van der Waals surface area contributed by atoms with Gasteiger partial charge in [-0.1, -0.05) is 23.4 Å². The summed E-state index contributed by atoms with van der Waals surface area (Å²) in [5.74, 6) is 0.0000529. The zero-order valence-corrected chi connectivity index (χ0v) is 20.1. The van der Waals surface area contributed by atoms with E-state index in [9.17, 15) is 9.59 Å². The largest absolute Gasteiger partial charge is 0.495 e. The first-order chi connectivity index (χ1) is 14.8. The Labute approximate surface area is 201 Å². The maximum atomic E-state index is 12.5. The molecule has 2 aromatic rings. The molecule has 1 saturated heterocycles. The van der Waals surface area contributed by atoms with E-state index in [4.69, 9.17) is 30.9 Å². The lowest BCUT2D eigenvalue weighted by Gasteiger charge is -2.15. The molecule has 0 saturated carbocycles. The Kier molecular flexibility index (Phi) is 7.79. The summed E-state index contributed by atoms with van der Waals surface area (Å²) in [5, 5.41) is 15.4. The SMILES string of the molecule is COc1ccc(Cl)cc1NC1NC(=O)/C(=C/c2cc(I)c(OCC(=O)O)c(OC)c2)S1. The Bertz CT molecular complexity index is 1050. The number of carbonyl (C=O) groups excluding carboxylic acids is 1. The van der Waals surface area contributed by atoms with Crippen LogP contribution in [0, 0.1) is 3.57 Å². The van der Waals surface area contributed by atoms with Crippen molar-refractivity contribution in [1.82, 2.24) is 5.32 Å². The first kappa shape index (κ1) is 23.4. The zero-order chi connectivity index (χ0) is 22.5. The first-order valence-electron chi connectivity index (χ1n) is 8.82. The smallest absolute Gasteiger partial charge is 0.341 e. The Hall–Kier alpha value is -2.31. The van der Waals surface area contributed by atoms with Gasteiger partial charge >= 0.3 is 5.97 Å². The zero-order valence-electron chi connectivity index (χ0n) is 16.4. The molecule has 0 aromatic heterocycles. The van der Waals surface area contributed by atoms with Crippen molar-refractivity contribution in [3.63, 3.8) is 0 Å². The number of rotatable bonds is 8. The number of benzene rings is 2. The normalized spacial score (nSPS) is 16.7. The molecule has 1 amide bonds. The predicted octanol–water partition coefficient (Wildman–Crippen LogP) is 4.02. The van der Waals surface area contributed by atoms with Gasteiger partial charge in [0.2, 0.25) is 0 Å². The molecular formula is C20H18ClIN2O6S. The number of carboxylic acid groups (broad SMARTS) is 1. The number of methoxy groups -OCH3 is 2. The summed E-state index contributed by atoms with van der Waals surface area (Å²) in [5.41, 5.74) is 0.956. The van der Waals surface area contributed by atoms with E-state index in [2.05, 4.69) is 10.6 Å². The average molecular weight is 577 g/mol. The van der Waals surface area contributed by atoms with Crippen LogP contribution in [0.25, 0.3) is 6.08 Å². The monoisotopic (exact) mass is 576 g/mol. The van der Waals surface area contributed by atoms with E-state index >= 15 is 0 Å². The van der Waals surface area contributed by atoms with Gasteiger partial charge in [0.25, 0.3) is 5.91 Å². The molecule has 0 aliphatic carbocycles. The van der Waals surface area contributed by atoms with Crippen LogP contribution in [0.15, 0.2) is 35.2 Å². The summed E-state index contributed by atoms with van der Waals surface area (Å²) in [6.07, 6.45) is 1.72. The molecule has 164 valence electrons. The maximum Gasteiger partial charge on any atom is 0.341 e. The van der Waals surface area contributed by atoms with Gasteiger partial charge in [-0.2, -0.15) is 0 Å². The second-order valence-electron chi connectivity index (χ2n) is 6.19. The van der Waals surface area contributed by atoms with Gasteiger partial charge in [-0.05, 0) is 64.6 Å². The third-order valence-corrected chi connectivity index (χ3v) is 6.13. The summed E-state index contributed by atoms with van der Waals surface area (Å²) in [6.45, 7) is -0.481. The lowest BCUT2D eigenvalue weighted by molar-refractivity contribution is -0.139. The van der Waals surface area contributed by atoms with Crippen LogP contribution in [0.3, 0.4) is 0 Å². The molecule has 1 heterocycles. The molecule has 0 bridgehead atoms. The number of nitrogens with one attached hydrogen (secondary N) is 2. The van der Waals surface area contributed by atoms with Crippen LogP contribution in [0.2, 0.25) is 5.02 Å². The highest BCUT2D eigenvalue weighted by molar-refractivity contribution is 14.1. The van der Waals surface area contributed by atoms with Crippen molar-refractivity contribution < 1.29 is 28.9 Å². The molecule has 3 rings (SSSR count). The van der Waals surface area contributed by atoms with Crippen molar-refractivity contribution in [3.05, 3.63) is 49.4 Å².